The van der Waals surface area contributed by atoms with Gasteiger partial charge in [-0.1, -0.05) is 17.3 Å². The van der Waals surface area contributed by atoms with Gasteiger partial charge in [0.25, 0.3) is 5.91 Å². The molecule has 0 unspecified atom stereocenters. The number of methoxy groups -OCH3 is 1. The minimum atomic E-state index is -0.386. The minimum absolute atomic E-state index is 0.167. The number of para-hydroxylation sites is 1. The average molecular weight is 433 g/mol. The van der Waals surface area contributed by atoms with Gasteiger partial charge in [0, 0.05) is 17.2 Å². The van der Waals surface area contributed by atoms with E-state index in [9.17, 15) is 9.59 Å². The van der Waals surface area contributed by atoms with Crippen LogP contribution in [0.5, 0.6) is 5.75 Å². The third kappa shape index (κ3) is 4.78. The summed E-state index contributed by atoms with van der Waals surface area (Å²) >= 11 is 0. The number of carbonyl (C=O) groups excluding carboxylic acids is 2. The molecule has 0 radical (unpaired) electrons. The fourth-order valence-corrected chi connectivity index (χ4v) is 2.88. The zero-order chi connectivity index (χ0) is 22.5. The van der Waals surface area contributed by atoms with Crippen LogP contribution in [0.2, 0.25) is 0 Å². The molecule has 32 heavy (non-hydrogen) atoms. The van der Waals surface area contributed by atoms with Crippen LogP contribution in [0.1, 0.15) is 16.1 Å². The van der Waals surface area contributed by atoms with Crippen LogP contribution in [-0.4, -0.2) is 44.3 Å². The van der Waals surface area contributed by atoms with Crippen LogP contribution in [-0.2, 0) is 11.3 Å². The van der Waals surface area contributed by atoms with E-state index in [1.165, 1.54) is 0 Å². The van der Waals surface area contributed by atoms with Gasteiger partial charge in [0.1, 0.15) is 18.1 Å². The van der Waals surface area contributed by atoms with E-state index in [1.54, 1.807) is 68.6 Å². The van der Waals surface area contributed by atoms with Gasteiger partial charge < -0.3 is 19.9 Å². The SMILES string of the molecule is COc1ccc(C(=O)Nc2ccccc2-c2nnn(CC(=O)Nc3cc(C)on3)n2)cc1. The predicted molar refractivity (Wildman–Crippen MR) is 114 cm³/mol. The van der Waals surface area contributed by atoms with Crippen LogP contribution in [0.3, 0.4) is 0 Å². The fraction of sp³-hybridized carbons (Fsp3) is 0.143. The Morgan fingerprint density at radius 1 is 1.09 bits per heavy atom. The Morgan fingerprint density at radius 3 is 2.59 bits per heavy atom. The van der Waals surface area contributed by atoms with Gasteiger partial charge >= 0.3 is 0 Å². The van der Waals surface area contributed by atoms with Crippen molar-refractivity contribution >= 4 is 23.3 Å². The minimum Gasteiger partial charge on any atom is -0.497 e. The number of carbonyl (C=O) groups is 2. The lowest BCUT2D eigenvalue weighted by Crippen LogP contribution is -2.20. The van der Waals surface area contributed by atoms with Crippen molar-refractivity contribution in [3.63, 3.8) is 0 Å². The Balaban J connectivity index is 1.47. The maximum atomic E-state index is 12.6. The van der Waals surface area contributed by atoms with Gasteiger partial charge in [0.05, 0.1) is 12.8 Å². The van der Waals surface area contributed by atoms with E-state index < -0.39 is 0 Å². The summed E-state index contributed by atoms with van der Waals surface area (Å²) in [6.07, 6.45) is 0. The molecule has 4 aromatic rings. The molecule has 2 amide bonds. The van der Waals surface area contributed by atoms with E-state index in [2.05, 4.69) is 31.2 Å². The van der Waals surface area contributed by atoms with Crippen molar-refractivity contribution in [3.8, 4) is 17.1 Å². The number of nitrogens with zero attached hydrogens (tertiary/aromatic N) is 5. The van der Waals surface area contributed by atoms with E-state index >= 15 is 0 Å². The highest BCUT2D eigenvalue weighted by molar-refractivity contribution is 6.06. The van der Waals surface area contributed by atoms with Crippen LogP contribution in [0.4, 0.5) is 11.5 Å². The van der Waals surface area contributed by atoms with Crippen molar-refractivity contribution in [3.05, 3.63) is 65.9 Å². The third-order valence-electron chi connectivity index (χ3n) is 4.40. The third-order valence-corrected chi connectivity index (χ3v) is 4.40. The largest absolute Gasteiger partial charge is 0.497 e. The number of hydrogen-bond donors (Lipinski definition) is 2. The van der Waals surface area contributed by atoms with Crippen molar-refractivity contribution in [1.82, 2.24) is 25.4 Å². The zero-order valence-corrected chi connectivity index (χ0v) is 17.3. The smallest absolute Gasteiger partial charge is 0.255 e. The Bertz CT molecular complexity index is 1250. The lowest BCUT2D eigenvalue weighted by Gasteiger charge is -2.09. The molecule has 0 saturated carbocycles. The molecular weight excluding hydrogens is 414 g/mol. The van der Waals surface area contributed by atoms with Gasteiger partial charge in [-0.3, -0.25) is 9.59 Å². The van der Waals surface area contributed by atoms with Crippen LogP contribution < -0.4 is 15.4 Å². The van der Waals surface area contributed by atoms with E-state index in [0.717, 1.165) is 4.80 Å². The van der Waals surface area contributed by atoms with Gasteiger partial charge in [0.15, 0.2) is 5.82 Å². The normalized spacial score (nSPS) is 10.6. The van der Waals surface area contributed by atoms with E-state index in [-0.39, 0.29) is 24.2 Å². The van der Waals surface area contributed by atoms with Crippen molar-refractivity contribution in [2.24, 2.45) is 0 Å². The molecular formula is C21H19N7O4. The number of aromatic nitrogens is 5. The molecule has 2 aromatic heterocycles. The summed E-state index contributed by atoms with van der Waals surface area (Å²) in [5, 5.41) is 21.3. The monoisotopic (exact) mass is 433 g/mol. The Kier molecular flexibility index (Phi) is 5.88. The second kappa shape index (κ2) is 9.08. The summed E-state index contributed by atoms with van der Waals surface area (Å²) < 4.78 is 10.0. The first-order valence-electron chi connectivity index (χ1n) is 9.57. The summed E-state index contributed by atoms with van der Waals surface area (Å²) in [4.78, 5) is 26.0. The van der Waals surface area contributed by atoms with Crippen molar-refractivity contribution < 1.29 is 18.8 Å². The molecule has 0 fully saturated rings. The second-order valence-corrected chi connectivity index (χ2v) is 6.74. The van der Waals surface area contributed by atoms with Gasteiger partial charge in [-0.25, -0.2) is 0 Å². The fourth-order valence-electron chi connectivity index (χ4n) is 2.88. The van der Waals surface area contributed by atoms with E-state index in [0.29, 0.717) is 34.1 Å². The first-order valence-corrected chi connectivity index (χ1v) is 9.57. The van der Waals surface area contributed by atoms with Crippen molar-refractivity contribution in [1.29, 1.82) is 0 Å². The topological polar surface area (TPSA) is 137 Å². The van der Waals surface area contributed by atoms with Gasteiger partial charge in [-0.05, 0) is 48.5 Å². The maximum absolute atomic E-state index is 12.6. The molecule has 0 atom stereocenters. The number of aryl methyl sites for hydroxylation is 1. The molecule has 0 bridgehead atoms. The molecule has 4 rings (SSSR count). The quantitative estimate of drug-likeness (QED) is 0.454. The second-order valence-electron chi connectivity index (χ2n) is 6.74. The van der Waals surface area contributed by atoms with Crippen LogP contribution >= 0.6 is 0 Å². The summed E-state index contributed by atoms with van der Waals surface area (Å²) in [5.41, 5.74) is 1.54. The molecule has 0 aliphatic heterocycles. The summed E-state index contributed by atoms with van der Waals surface area (Å²) in [6.45, 7) is 1.55. The average Bonchev–Trinajstić information content (AvgIpc) is 3.42. The molecule has 0 spiro atoms. The molecule has 2 N–H and O–H groups in total. The summed E-state index contributed by atoms with van der Waals surface area (Å²) in [6, 6.07) is 15.4. The number of hydrogen-bond acceptors (Lipinski definition) is 8. The molecule has 0 aliphatic carbocycles. The predicted octanol–water partition coefficient (Wildman–Crippen LogP) is 2.54. The molecule has 2 aromatic carbocycles. The summed E-state index contributed by atoms with van der Waals surface area (Å²) in [7, 11) is 1.56. The van der Waals surface area contributed by atoms with E-state index in [4.69, 9.17) is 9.26 Å². The number of rotatable bonds is 7. The summed E-state index contributed by atoms with van der Waals surface area (Å²) in [5.74, 6) is 1.12. The molecule has 11 heteroatoms. The van der Waals surface area contributed by atoms with Gasteiger partial charge in [0.2, 0.25) is 11.7 Å². The van der Waals surface area contributed by atoms with E-state index in [1.807, 2.05) is 0 Å². The number of amides is 2. The molecule has 2 heterocycles. The highest BCUT2D eigenvalue weighted by atomic mass is 16.5. The standard InChI is InChI=1S/C21H19N7O4/c1-13-11-18(26-32-13)23-19(29)12-28-25-20(24-27-28)16-5-3-4-6-17(16)22-21(30)14-7-9-15(31-2)10-8-14/h3-11H,12H2,1-2H3,(H,22,30)(H,23,26,29). The number of nitrogens with one attached hydrogen (secondary N) is 2. The zero-order valence-electron chi connectivity index (χ0n) is 17.3. The maximum Gasteiger partial charge on any atom is 0.255 e. The van der Waals surface area contributed by atoms with Crippen molar-refractivity contribution in [2.45, 2.75) is 13.5 Å². The number of anilines is 2. The van der Waals surface area contributed by atoms with Crippen LogP contribution in [0, 0.1) is 6.92 Å². The van der Waals surface area contributed by atoms with Gasteiger partial charge in [-0.2, -0.15) is 4.80 Å². The number of tetrazole rings is 1. The Hall–Kier alpha value is -4.54. The van der Waals surface area contributed by atoms with Crippen LogP contribution in [0.25, 0.3) is 11.4 Å². The molecule has 162 valence electrons. The van der Waals surface area contributed by atoms with Crippen LogP contribution in [0.15, 0.2) is 59.1 Å². The molecule has 0 aliphatic rings. The Morgan fingerprint density at radius 2 is 1.88 bits per heavy atom. The first-order chi connectivity index (χ1) is 15.5. The molecule has 0 saturated heterocycles. The van der Waals surface area contributed by atoms with Gasteiger partial charge in [-0.15, -0.1) is 10.2 Å². The highest BCUT2D eigenvalue weighted by Gasteiger charge is 2.15. The lowest BCUT2D eigenvalue weighted by molar-refractivity contribution is -0.117. The Labute approximate surface area is 182 Å². The first kappa shape index (κ1) is 20.7. The lowest BCUT2D eigenvalue weighted by atomic mass is 10.1. The number of benzene rings is 2. The highest BCUT2D eigenvalue weighted by Crippen LogP contribution is 2.25. The van der Waals surface area contributed by atoms with Crippen molar-refractivity contribution in [2.75, 3.05) is 17.7 Å². The molecule has 11 nitrogen and oxygen atoms in total. The number of ether oxygens (including phenoxy) is 1.